The van der Waals surface area contributed by atoms with Gasteiger partial charge in [-0.25, -0.2) is 4.98 Å². The molecule has 0 aliphatic carbocycles. The molecule has 1 amide bonds. The number of carbonyl (C=O) groups excluding carboxylic acids is 1. The van der Waals surface area contributed by atoms with Gasteiger partial charge < -0.3 is 14.8 Å². The summed E-state index contributed by atoms with van der Waals surface area (Å²) in [4.78, 5) is 16.0. The second-order valence-electron chi connectivity index (χ2n) is 4.51. The topological polar surface area (TPSA) is 60.5 Å². The summed E-state index contributed by atoms with van der Waals surface area (Å²) in [7, 11) is 0. The number of benzene rings is 1. The van der Waals surface area contributed by atoms with E-state index in [4.69, 9.17) is 21.1 Å². The predicted octanol–water partition coefficient (Wildman–Crippen LogP) is 3.15. The molecule has 0 saturated carbocycles. The number of anilines is 1. The zero-order valence-electron chi connectivity index (χ0n) is 11.1. The van der Waals surface area contributed by atoms with Gasteiger partial charge in [0.25, 0.3) is 5.91 Å². The molecule has 108 valence electrons. The van der Waals surface area contributed by atoms with Crippen molar-refractivity contribution < 1.29 is 14.3 Å². The van der Waals surface area contributed by atoms with Crippen LogP contribution in [0.25, 0.3) is 0 Å². The molecule has 2 heterocycles. The van der Waals surface area contributed by atoms with Crippen LogP contribution < -0.4 is 14.8 Å². The van der Waals surface area contributed by atoms with Crippen molar-refractivity contribution in [3.63, 3.8) is 0 Å². The second kappa shape index (κ2) is 6.01. The van der Waals surface area contributed by atoms with E-state index in [1.807, 2.05) is 0 Å². The molecule has 1 aromatic heterocycles. The number of fused-ring (bicyclic) bond motifs is 1. The molecular weight excluding hydrogens is 292 g/mol. The van der Waals surface area contributed by atoms with E-state index in [9.17, 15) is 4.79 Å². The third-order valence-corrected chi connectivity index (χ3v) is 3.31. The lowest BCUT2D eigenvalue weighted by Gasteiger charge is -2.10. The zero-order chi connectivity index (χ0) is 14.7. The summed E-state index contributed by atoms with van der Waals surface area (Å²) in [5.74, 6) is 0.995. The van der Waals surface area contributed by atoms with Crippen molar-refractivity contribution in [2.75, 3.05) is 18.5 Å². The zero-order valence-corrected chi connectivity index (χ0v) is 11.9. The van der Waals surface area contributed by atoms with Crippen LogP contribution in [-0.2, 0) is 0 Å². The average Bonchev–Trinajstić information content (AvgIpc) is 2.72. The first-order valence-corrected chi connectivity index (χ1v) is 6.93. The number of halogens is 1. The predicted molar refractivity (Wildman–Crippen MR) is 79.2 cm³/mol. The number of hydrogen-bond donors (Lipinski definition) is 1. The van der Waals surface area contributed by atoms with Crippen LogP contribution in [0.5, 0.6) is 11.5 Å². The van der Waals surface area contributed by atoms with E-state index < -0.39 is 0 Å². The Morgan fingerprint density at radius 2 is 2.00 bits per heavy atom. The Kier molecular flexibility index (Phi) is 3.92. The molecule has 0 unspecified atom stereocenters. The van der Waals surface area contributed by atoms with Gasteiger partial charge in [0.05, 0.1) is 18.8 Å². The monoisotopic (exact) mass is 304 g/mol. The van der Waals surface area contributed by atoms with Gasteiger partial charge in [0, 0.05) is 24.4 Å². The summed E-state index contributed by atoms with van der Waals surface area (Å²) in [5, 5.41) is 2.94. The largest absolute Gasteiger partial charge is 0.490 e. The molecule has 2 aromatic rings. The van der Waals surface area contributed by atoms with E-state index >= 15 is 0 Å². The van der Waals surface area contributed by atoms with Crippen LogP contribution >= 0.6 is 11.6 Å². The standard InChI is InChI=1S/C15H13ClN2O3/c16-14-11(3-1-6-17-14)15(19)18-10-4-5-12-13(9-10)21-8-2-7-20-12/h1,3-6,9H,2,7-8H2,(H,18,19). The van der Waals surface area contributed by atoms with Gasteiger partial charge in [-0.2, -0.15) is 0 Å². The molecular formula is C15H13ClN2O3. The van der Waals surface area contributed by atoms with Gasteiger partial charge in [0.2, 0.25) is 0 Å². The lowest BCUT2D eigenvalue weighted by atomic mass is 10.2. The molecule has 1 aliphatic heterocycles. The number of ether oxygens (including phenoxy) is 2. The Morgan fingerprint density at radius 3 is 2.81 bits per heavy atom. The highest BCUT2D eigenvalue weighted by molar-refractivity contribution is 6.33. The Balaban J connectivity index is 1.81. The first-order chi connectivity index (χ1) is 10.2. The van der Waals surface area contributed by atoms with E-state index in [0.717, 1.165) is 6.42 Å². The highest BCUT2D eigenvalue weighted by Gasteiger charge is 2.14. The van der Waals surface area contributed by atoms with Gasteiger partial charge >= 0.3 is 0 Å². The number of aromatic nitrogens is 1. The van der Waals surface area contributed by atoms with Crippen molar-refractivity contribution >= 4 is 23.2 Å². The molecule has 0 spiro atoms. The van der Waals surface area contributed by atoms with Crippen LogP contribution in [0.1, 0.15) is 16.8 Å². The molecule has 3 rings (SSSR count). The van der Waals surface area contributed by atoms with Crippen molar-refractivity contribution in [1.82, 2.24) is 4.98 Å². The number of rotatable bonds is 2. The van der Waals surface area contributed by atoms with Crippen molar-refractivity contribution in [2.24, 2.45) is 0 Å². The van der Waals surface area contributed by atoms with Gasteiger partial charge in [-0.1, -0.05) is 11.6 Å². The maximum atomic E-state index is 12.2. The molecule has 0 atom stereocenters. The summed E-state index contributed by atoms with van der Waals surface area (Å²) < 4.78 is 11.1. The van der Waals surface area contributed by atoms with E-state index in [1.54, 1.807) is 30.3 Å². The number of pyridine rings is 1. The van der Waals surface area contributed by atoms with Gasteiger partial charge in [0.1, 0.15) is 5.15 Å². The van der Waals surface area contributed by atoms with E-state index in [0.29, 0.717) is 36.0 Å². The highest BCUT2D eigenvalue weighted by atomic mass is 35.5. The summed E-state index contributed by atoms with van der Waals surface area (Å²) in [6.07, 6.45) is 2.37. The fourth-order valence-corrected chi connectivity index (χ4v) is 2.20. The third-order valence-electron chi connectivity index (χ3n) is 3.01. The lowest BCUT2D eigenvalue weighted by molar-refractivity contribution is 0.102. The normalized spacial score (nSPS) is 13.4. The number of nitrogens with one attached hydrogen (secondary N) is 1. The minimum Gasteiger partial charge on any atom is -0.490 e. The van der Waals surface area contributed by atoms with Crippen molar-refractivity contribution in [3.05, 3.63) is 47.2 Å². The number of hydrogen-bond acceptors (Lipinski definition) is 4. The smallest absolute Gasteiger partial charge is 0.258 e. The highest BCUT2D eigenvalue weighted by Crippen LogP contribution is 2.32. The minimum absolute atomic E-state index is 0.171. The molecule has 0 bridgehead atoms. The molecule has 5 nitrogen and oxygen atoms in total. The lowest BCUT2D eigenvalue weighted by Crippen LogP contribution is -2.13. The molecule has 0 radical (unpaired) electrons. The van der Waals surface area contributed by atoms with Crippen LogP contribution in [0.15, 0.2) is 36.5 Å². The molecule has 1 N–H and O–H groups in total. The maximum Gasteiger partial charge on any atom is 0.258 e. The summed E-state index contributed by atoms with van der Waals surface area (Å²) >= 11 is 5.91. The summed E-state index contributed by atoms with van der Waals surface area (Å²) in [6, 6.07) is 8.56. The van der Waals surface area contributed by atoms with Gasteiger partial charge in [-0.3, -0.25) is 4.79 Å². The Bertz CT molecular complexity index is 676. The Morgan fingerprint density at radius 1 is 1.19 bits per heavy atom. The second-order valence-corrected chi connectivity index (χ2v) is 4.87. The van der Waals surface area contributed by atoms with E-state index in [2.05, 4.69) is 10.3 Å². The first kappa shape index (κ1) is 13.7. The number of nitrogens with zero attached hydrogens (tertiary/aromatic N) is 1. The fraction of sp³-hybridized carbons (Fsp3) is 0.200. The van der Waals surface area contributed by atoms with Crippen LogP contribution in [-0.4, -0.2) is 24.1 Å². The van der Waals surface area contributed by atoms with Crippen LogP contribution in [0.4, 0.5) is 5.69 Å². The molecule has 0 fully saturated rings. The van der Waals surface area contributed by atoms with Gasteiger partial charge in [0.15, 0.2) is 11.5 Å². The molecule has 0 saturated heterocycles. The quantitative estimate of drug-likeness (QED) is 0.866. The number of carbonyl (C=O) groups is 1. The van der Waals surface area contributed by atoms with Crippen molar-refractivity contribution in [3.8, 4) is 11.5 Å². The van der Waals surface area contributed by atoms with Gasteiger partial charge in [-0.05, 0) is 24.3 Å². The first-order valence-electron chi connectivity index (χ1n) is 6.55. The summed E-state index contributed by atoms with van der Waals surface area (Å²) in [6.45, 7) is 1.23. The molecule has 1 aromatic carbocycles. The van der Waals surface area contributed by atoms with Crippen molar-refractivity contribution in [2.45, 2.75) is 6.42 Å². The van der Waals surface area contributed by atoms with Crippen LogP contribution in [0.2, 0.25) is 5.15 Å². The molecule has 21 heavy (non-hydrogen) atoms. The SMILES string of the molecule is O=C(Nc1ccc2c(c1)OCCCO2)c1cccnc1Cl. The number of amides is 1. The summed E-state index contributed by atoms with van der Waals surface area (Å²) in [5.41, 5.74) is 0.940. The maximum absolute atomic E-state index is 12.2. The average molecular weight is 305 g/mol. The molecule has 6 heteroatoms. The van der Waals surface area contributed by atoms with E-state index in [1.165, 1.54) is 6.20 Å². The third kappa shape index (κ3) is 3.08. The molecule has 1 aliphatic rings. The minimum atomic E-state index is -0.317. The van der Waals surface area contributed by atoms with Crippen molar-refractivity contribution in [1.29, 1.82) is 0 Å². The Labute approximate surface area is 126 Å². The fourth-order valence-electron chi connectivity index (χ4n) is 1.99. The Hall–Kier alpha value is -2.27. The van der Waals surface area contributed by atoms with Crippen LogP contribution in [0, 0.1) is 0 Å². The van der Waals surface area contributed by atoms with Crippen LogP contribution in [0.3, 0.4) is 0 Å². The van der Waals surface area contributed by atoms with E-state index in [-0.39, 0.29) is 11.1 Å². The van der Waals surface area contributed by atoms with Gasteiger partial charge in [-0.15, -0.1) is 0 Å².